The van der Waals surface area contributed by atoms with E-state index in [0.29, 0.717) is 24.2 Å². The molecule has 1 aromatic heterocycles. The smallest absolute Gasteiger partial charge is 0.478 e. The van der Waals surface area contributed by atoms with E-state index in [1.165, 1.54) is 26.0 Å². The number of halogens is 3. The van der Waals surface area contributed by atoms with Crippen molar-refractivity contribution < 1.29 is 32.5 Å². The first-order valence-corrected chi connectivity index (χ1v) is 10.4. The minimum Gasteiger partial charge on any atom is -0.478 e. The largest absolute Gasteiger partial charge is 0.573 e. The summed E-state index contributed by atoms with van der Waals surface area (Å²) >= 11 is 0. The van der Waals surface area contributed by atoms with E-state index in [0.717, 1.165) is 22.2 Å². The van der Waals surface area contributed by atoms with Gasteiger partial charge in [0.05, 0.1) is 5.52 Å². The van der Waals surface area contributed by atoms with Crippen LogP contribution in [0.25, 0.3) is 10.9 Å². The Morgan fingerprint density at radius 2 is 1.79 bits per heavy atom. The van der Waals surface area contributed by atoms with Crippen LogP contribution in [0.2, 0.25) is 0 Å². The summed E-state index contributed by atoms with van der Waals surface area (Å²) in [6, 6.07) is 11.4. The van der Waals surface area contributed by atoms with Crippen LogP contribution >= 0.6 is 0 Å². The number of allylic oxidation sites excluding steroid dienone is 2. The average Bonchev–Trinajstić information content (AvgIpc) is 2.96. The van der Waals surface area contributed by atoms with Crippen molar-refractivity contribution in [2.75, 3.05) is 0 Å². The molecule has 0 saturated heterocycles. The average molecular weight is 461 g/mol. The third kappa shape index (κ3) is 5.69. The van der Waals surface area contributed by atoms with Gasteiger partial charge in [-0.1, -0.05) is 24.3 Å². The van der Waals surface area contributed by atoms with Gasteiger partial charge in [0.25, 0.3) is 0 Å². The lowest BCUT2D eigenvalue weighted by Gasteiger charge is -2.22. The zero-order valence-corrected chi connectivity index (χ0v) is 18.9. The number of fused-ring (bicyclic) bond motifs is 1. The van der Waals surface area contributed by atoms with E-state index in [4.69, 9.17) is 4.74 Å². The molecule has 0 aliphatic rings. The Bertz CT molecular complexity index is 1190. The fraction of sp³-hybridized carbons (Fsp3) is 0.320. The third-order valence-electron chi connectivity index (χ3n) is 5.35. The number of aromatic nitrogens is 1. The molecule has 5 nitrogen and oxygen atoms in total. The first kappa shape index (κ1) is 24.2. The fourth-order valence-electron chi connectivity index (χ4n) is 3.65. The molecule has 0 spiro atoms. The van der Waals surface area contributed by atoms with Gasteiger partial charge in [-0.15, -0.1) is 13.2 Å². The molecule has 2 aromatic carbocycles. The van der Waals surface area contributed by atoms with Crippen LogP contribution in [-0.2, 0) is 17.8 Å². The molecule has 3 aromatic rings. The molecule has 0 aliphatic carbocycles. The number of ether oxygens (including phenoxy) is 2. The van der Waals surface area contributed by atoms with E-state index in [1.807, 2.05) is 36.6 Å². The van der Waals surface area contributed by atoms with E-state index < -0.39 is 17.9 Å². The number of aliphatic carboxylic acids is 1. The van der Waals surface area contributed by atoms with E-state index in [9.17, 15) is 23.1 Å². The molecule has 0 atom stereocenters. The molecule has 1 N–H and O–H groups in total. The molecule has 1 heterocycles. The highest BCUT2D eigenvalue weighted by atomic mass is 19.4. The number of hydrogen-bond acceptors (Lipinski definition) is 3. The summed E-state index contributed by atoms with van der Waals surface area (Å²) in [5, 5.41) is 10.2. The second-order valence-corrected chi connectivity index (χ2v) is 8.21. The first-order chi connectivity index (χ1) is 15.4. The number of nitrogens with zero attached hydrogens (tertiary/aromatic N) is 1. The lowest BCUT2D eigenvalue weighted by molar-refractivity contribution is -0.274. The Morgan fingerprint density at radius 1 is 1.09 bits per heavy atom. The molecule has 33 heavy (non-hydrogen) atoms. The van der Waals surface area contributed by atoms with Crippen LogP contribution in [-0.4, -0.2) is 27.6 Å². The quantitative estimate of drug-likeness (QED) is 0.403. The topological polar surface area (TPSA) is 60.7 Å². The second kappa shape index (κ2) is 9.21. The molecular formula is C25H26F3NO4. The molecule has 176 valence electrons. The summed E-state index contributed by atoms with van der Waals surface area (Å²) in [5.74, 6) is -0.984. The zero-order chi connectivity index (χ0) is 24.4. The van der Waals surface area contributed by atoms with Crippen LogP contribution in [0, 0.1) is 6.92 Å². The highest BCUT2D eigenvalue weighted by molar-refractivity contribution is 5.87. The molecule has 0 bridgehead atoms. The zero-order valence-electron chi connectivity index (χ0n) is 18.9. The van der Waals surface area contributed by atoms with E-state index in [2.05, 4.69) is 4.74 Å². The Morgan fingerprint density at radius 3 is 2.42 bits per heavy atom. The molecule has 0 radical (unpaired) electrons. The predicted octanol–water partition coefficient (Wildman–Crippen LogP) is 6.26. The van der Waals surface area contributed by atoms with Crippen molar-refractivity contribution in [2.45, 2.75) is 52.6 Å². The van der Waals surface area contributed by atoms with Gasteiger partial charge in [-0.25, -0.2) is 4.79 Å². The maximum absolute atomic E-state index is 12.8. The number of carboxylic acid groups (broad SMARTS) is 1. The van der Waals surface area contributed by atoms with Gasteiger partial charge in [0.1, 0.15) is 11.5 Å². The van der Waals surface area contributed by atoms with Crippen LogP contribution in [0.3, 0.4) is 0 Å². The van der Waals surface area contributed by atoms with Gasteiger partial charge in [-0.05, 0) is 69.5 Å². The number of rotatable bonds is 8. The number of carboxylic acids is 1. The van der Waals surface area contributed by atoms with E-state index in [1.54, 1.807) is 24.3 Å². The van der Waals surface area contributed by atoms with Gasteiger partial charge in [-0.2, -0.15) is 0 Å². The normalized spacial score (nSPS) is 12.5. The monoisotopic (exact) mass is 461 g/mol. The van der Waals surface area contributed by atoms with Crippen molar-refractivity contribution in [1.29, 1.82) is 0 Å². The Balaban J connectivity index is 2.04. The number of alkyl halides is 3. The molecule has 3 rings (SSSR count). The third-order valence-corrected chi connectivity index (χ3v) is 5.35. The van der Waals surface area contributed by atoms with Crippen LogP contribution in [0.4, 0.5) is 13.2 Å². The summed E-state index contributed by atoms with van der Waals surface area (Å²) in [5.41, 5.74) is 1.96. The van der Waals surface area contributed by atoms with Crippen molar-refractivity contribution in [2.24, 2.45) is 0 Å². The van der Waals surface area contributed by atoms with Crippen molar-refractivity contribution in [3.8, 4) is 11.5 Å². The summed E-state index contributed by atoms with van der Waals surface area (Å²) in [6.07, 6.45) is -0.221. The fourth-order valence-corrected chi connectivity index (χ4v) is 3.65. The number of benzene rings is 2. The Labute approximate surface area is 190 Å². The standard InChI is InChI=1S/C25H26F3NO4/c1-5-6-10-20-16(2)29(22-14-19(11-12-21(20)22)33-25(26,27)28)15-17-8-7-9-18(13-17)32-24(3,4)23(30)31/h5-9,11-14H,10,15H2,1-4H3,(H,30,31)/b6-5-. The summed E-state index contributed by atoms with van der Waals surface area (Å²) in [6.45, 7) is 7.12. The molecule has 0 unspecified atom stereocenters. The molecule has 0 saturated carbocycles. The highest BCUT2D eigenvalue weighted by Gasteiger charge is 2.31. The second-order valence-electron chi connectivity index (χ2n) is 8.21. The molecule has 0 aliphatic heterocycles. The van der Waals surface area contributed by atoms with Crippen molar-refractivity contribution in [1.82, 2.24) is 4.57 Å². The Kier molecular flexibility index (Phi) is 6.76. The molecule has 8 heteroatoms. The van der Waals surface area contributed by atoms with Crippen LogP contribution in [0.5, 0.6) is 11.5 Å². The minimum absolute atomic E-state index is 0.286. The van der Waals surface area contributed by atoms with Crippen molar-refractivity contribution in [3.63, 3.8) is 0 Å². The number of carbonyl (C=O) groups is 1. The van der Waals surface area contributed by atoms with Crippen molar-refractivity contribution in [3.05, 3.63) is 71.4 Å². The summed E-state index contributed by atoms with van der Waals surface area (Å²) < 4.78 is 50.0. The van der Waals surface area contributed by atoms with Gasteiger partial charge in [-0.3, -0.25) is 0 Å². The SMILES string of the molecule is C/C=C\Cc1c(C)n(Cc2cccc(OC(C)(C)C(=O)O)c2)c2cc(OC(F)(F)F)ccc12. The summed E-state index contributed by atoms with van der Waals surface area (Å²) in [7, 11) is 0. The van der Waals surface area contributed by atoms with Gasteiger partial charge in [0, 0.05) is 23.7 Å². The predicted molar refractivity (Wildman–Crippen MR) is 120 cm³/mol. The van der Waals surface area contributed by atoms with Gasteiger partial charge in [0.2, 0.25) is 0 Å². The lowest BCUT2D eigenvalue weighted by Crippen LogP contribution is -2.37. The maximum atomic E-state index is 12.8. The maximum Gasteiger partial charge on any atom is 0.573 e. The first-order valence-electron chi connectivity index (χ1n) is 10.4. The van der Waals surface area contributed by atoms with E-state index >= 15 is 0 Å². The summed E-state index contributed by atoms with van der Waals surface area (Å²) in [4.78, 5) is 11.4. The van der Waals surface area contributed by atoms with Gasteiger partial charge in [0.15, 0.2) is 5.60 Å². The molecule has 0 fully saturated rings. The molecular weight excluding hydrogens is 435 g/mol. The van der Waals surface area contributed by atoms with Crippen LogP contribution in [0.15, 0.2) is 54.6 Å². The van der Waals surface area contributed by atoms with Crippen molar-refractivity contribution >= 4 is 16.9 Å². The Hall–Kier alpha value is -3.42. The molecule has 0 amide bonds. The van der Waals surface area contributed by atoms with E-state index in [-0.39, 0.29) is 5.75 Å². The highest BCUT2D eigenvalue weighted by Crippen LogP contribution is 2.33. The van der Waals surface area contributed by atoms with Crippen LogP contribution < -0.4 is 9.47 Å². The lowest BCUT2D eigenvalue weighted by atomic mass is 10.1. The minimum atomic E-state index is -4.78. The van der Waals surface area contributed by atoms with Gasteiger partial charge >= 0.3 is 12.3 Å². The number of hydrogen-bond donors (Lipinski definition) is 1. The van der Waals surface area contributed by atoms with Gasteiger partial charge < -0.3 is 19.1 Å². The van der Waals surface area contributed by atoms with Crippen LogP contribution in [0.1, 0.15) is 37.6 Å².